The quantitative estimate of drug-likeness (QED) is 0.779. The summed E-state index contributed by atoms with van der Waals surface area (Å²) >= 11 is 9.18. The molecule has 1 N–H and O–H groups in total. The van der Waals surface area contributed by atoms with E-state index < -0.39 is 0 Å². The van der Waals surface area contributed by atoms with Crippen LogP contribution in [0.15, 0.2) is 53.0 Å². The summed E-state index contributed by atoms with van der Waals surface area (Å²) in [7, 11) is 0. The largest absolute Gasteiger partial charge is 0.305 e. The lowest BCUT2D eigenvalue weighted by molar-refractivity contribution is 0.576. The maximum Gasteiger partial charge on any atom is 0.137 e. The Morgan fingerprint density at radius 3 is 2.53 bits per heavy atom. The molecule has 1 unspecified atom stereocenters. The van der Waals surface area contributed by atoms with Crippen LogP contribution in [0.4, 0.5) is 4.39 Å². The normalized spacial score (nSPS) is 12.4. The van der Waals surface area contributed by atoms with Crippen LogP contribution in [0.2, 0.25) is 0 Å². The van der Waals surface area contributed by atoms with Crippen molar-refractivity contribution in [3.63, 3.8) is 0 Å². The average molecular weight is 343 g/mol. The maximum atomic E-state index is 13.1. The van der Waals surface area contributed by atoms with Crippen molar-refractivity contribution in [3.05, 3.63) is 69.9 Å². The van der Waals surface area contributed by atoms with Crippen LogP contribution in [0, 0.1) is 5.82 Å². The molecule has 1 atom stereocenters. The number of halogens is 3. The number of alkyl halides is 1. The Kier molecular flexibility index (Phi) is 5.37. The molecule has 4 heteroatoms. The van der Waals surface area contributed by atoms with Gasteiger partial charge in [-0.15, -0.1) is 11.6 Å². The van der Waals surface area contributed by atoms with Gasteiger partial charge in [0.25, 0.3) is 0 Å². The molecule has 2 rings (SSSR count). The molecular formula is C15H14BrClFN. The van der Waals surface area contributed by atoms with Crippen LogP contribution in [0.3, 0.4) is 0 Å². The van der Waals surface area contributed by atoms with Gasteiger partial charge in [-0.1, -0.05) is 36.4 Å². The van der Waals surface area contributed by atoms with Gasteiger partial charge in [0, 0.05) is 18.5 Å². The Bertz CT molecular complexity index is 533. The molecule has 0 aliphatic carbocycles. The molecule has 0 aliphatic rings. The van der Waals surface area contributed by atoms with Gasteiger partial charge in [0.05, 0.1) is 4.47 Å². The van der Waals surface area contributed by atoms with E-state index in [0.29, 0.717) is 16.9 Å². The molecule has 2 aromatic rings. The van der Waals surface area contributed by atoms with Crippen molar-refractivity contribution in [2.24, 2.45) is 0 Å². The second kappa shape index (κ2) is 7.04. The zero-order valence-corrected chi connectivity index (χ0v) is 12.6. The summed E-state index contributed by atoms with van der Waals surface area (Å²) < 4.78 is 13.6. The third-order valence-electron chi connectivity index (χ3n) is 2.89. The molecule has 0 bridgehead atoms. The SMILES string of the molecule is Fc1ccc(CNC(CCl)c2ccccc2)cc1Br. The molecule has 19 heavy (non-hydrogen) atoms. The van der Waals surface area contributed by atoms with E-state index >= 15 is 0 Å². The van der Waals surface area contributed by atoms with Crippen molar-refractivity contribution in [2.75, 3.05) is 5.88 Å². The Morgan fingerprint density at radius 1 is 1.16 bits per heavy atom. The maximum absolute atomic E-state index is 13.1. The first-order valence-electron chi connectivity index (χ1n) is 5.99. The van der Waals surface area contributed by atoms with Crippen molar-refractivity contribution in [2.45, 2.75) is 12.6 Å². The van der Waals surface area contributed by atoms with Gasteiger partial charge in [-0.2, -0.15) is 0 Å². The molecule has 0 saturated heterocycles. The third kappa shape index (κ3) is 4.03. The van der Waals surface area contributed by atoms with E-state index in [9.17, 15) is 4.39 Å². The Labute approximate surface area is 125 Å². The molecule has 0 saturated carbocycles. The third-order valence-corrected chi connectivity index (χ3v) is 3.81. The average Bonchev–Trinajstić information content (AvgIpc) is 2.44. The number of hydrogen-bond acceptors (Lipinski definition) is 1. The van der Waals surface area contributed by atoms with Gasteiger partial charge in [0.2, 0.25) is 0 Å². The molecule has 0 amide bonds. The lowest BCUT2D eigenvalue weighted by Gasteiger charge is -2.16. The Balaban J connectivity index is 2.02. The van der Waals surface area contributed by atoms with E-state index in [0.717, 1.165) is 11.1 Å². The zero-order valence-electron chi connectivity index (χ0n) is 10.2. The van der Waals surface area contributed by atoms with Crippen LogP contribution in [0.1, 0.15) is 17.2 Å². The van der Waals surface area contributed by atoms with E-state index in [1.54, 1.807) is 12.1 Å². The van der Waals surface area contributed by atoms with E-state index in [2.05, 4.69) is 21.2 Å². The van der Waals surface area contributed by atoms with Crippen LogP contribution in [-0.4, -0.2) is 5.88 Å². The Morgan fingerprint density at radius 2 is 1.89 bits per heavy atom. The lowest BCUT2D eigenvalue weighted by Crippen LogP contribution is -2.22. The van der Waals surface area contributed by atoms with E-state index in [4.69, 9.17) is 11.6 Å². The second-order valence-corrected chi connectivity index (χ2v) is 5.41. The summed E-state index contributed by atoms with van der Waals surface area (Å²) in [6.45, 7) is 0.644. The topological polar surface area (TPSA) is 12.0 Å². The highest BCUT2D eigenvalue weighted by Crippen LogP contribution is 2.19. The molecule has 2 aromatic carbocycles. The fourth-order valence-electron chi connectivity index (χ4n) is 1.84. The highest BCUT2D eigenvalue weighted by Gasteiger charge is 2.09. The van der Waals surface area contributed by atoms with Gasteiger partial charge < -0.3 is 5.32 Å². The summed E-state index contributed by atoms with van der Waals surface area (Å²) in [5, 5.41) is 3.37. The van der Waals surface area contributed by atoms with E-state index in [1.165, 1.54) is 6.07 Å². The molecular weight excluding hydrogens is 329 g/mol. The van der Waals surface area contributed by atoms with Crippen molar-refractivity contribution >= 4 is 27.5 Å². The summed E-state index contributed by atoms with van der Waals surface area (Å²) in [5.41, 5.74) is 2.16. The van der Waals surface area contributed by atoms with Gasteiger partial charge in [-0.05, 0) is 39.2 Å². The molecule has 0 aliphatic heterocycles. The second-order valence-electron chi connectivity index (χ2n) is 4.25. The van der Waals surface area contributed by atoms with E-state index in [1.807, 2.05) is 30.3 Å². The van der Waals surface area contributed by atoms with Crippen LogP contribution >= 0.6 is 27.5 Å². The fourth-order valence-corrected chi connectivity index (χ4v) is 2.55. The van der Waals surface area contributed by atoms with Gasteiger partial charge in [0.1, 0.15) is 5.82 Å². The highest BCUT2D eigenvalue weighted by atomic mass is 79.9. The summed E-state index contributed by atoms with van der Waals surface area (Å²) in [5.74, 6) is 0.243. The van der Waals surface area contributed by atoms with Gasteiger partial charge in [-0.25, -0.2) is 4.39 Å². The van der Waals surface area contributed by atoms with Gasteiger partial charge in [-0.3, -0.25) is 0 Å². The highest BCUT2D eigenvalue weighted by molar-refractivity contribution is 9.10. The molecule has 0 spiro atoms. The minimum absolute atomic E-state index is 0.0895. The minimum Gasteiger partial charge on any atom is -0.305 e. The smallest absolute Gasteiger partial charge is 0.137 e. The van der Waals surface area contributed by atoms with Crippen LogP contribution in [0.25, 0.3) is 0 Å². The summed E-state index contributed by atoms with van der Waals surface area (Å²) in [4.78, 5) is 0. The van der Waals surface area contributed by atoms with Crippen molar-refractivity contribution in [1.82, 2.24) is 5.32 Å². The van der Waals surface area contributed by atoms with Crippen LogP contribution < -0.4 is 5.32 Å². The molecule has 1 nitrogen and oxygen atoms in total. The predicted molar refractivity (Wildman–Crippen MR) is 80.8 cm³/mol. The number of nitrogens with one attached hydrogen (secondary N) is 1. The zero-order chi connectivity index (χ0) is 13.7. The molecule has 0 fully saturated rings. The molecule has 100 valence electrons. The predicted octanol–water partition coefficient (Wildman–Crippen LogP) is 4.66. The number of rotatable bonds is 5. The lowest BCUT2D eigenvalue weighted by atomic mass is 10.1. The Hall–Kier alpha value is -0.900. The summed E-state index contributed by atoms with van der Waals surface area (Å²) in [6.07, 6.45) is 0. The molecule has 0 heterocycles. The molecule has 0 aromatic heterocycles. The minimum atomic E-state index is -0.249. The molecule has 0 radical (unpaired) electrons. The van der Waals surface area contributed by atoms with Crippen molar-refractivity contribution < 1.29 is 4.39 Å². The first-order valence-corrected chi connectivity index (χ1v) is 7.31. The summed E-state index contributed by atoms with van der Waals surface area (Å²) in [6, 6.07) is 15.1. The first kappa shape index (κ1) is 14.5. The van der Waals surface area contributed by atoms with Crippen LogP contribution in [-0.2, 0) is 6.54 Å². The van der Waals surface area contributed by atoms with Gasteiger partial charge >= 0.3 is 0 Å². The standard InChI is InChI=1S/C15H14BrClFN/c16-13-8-11(6-7-14(13)18)10-19-15(9-17)12-4-2-1-3-5-12/h1-8,15,19H,9-10H2. The van der Waals surface area contributed by atoms with Crippen molar-refractivity contribution in [3.8, 4) is 0 Å². The first-order chi connectivity index (χ1) is 9.20. The number of benzene rings is 2. The number of hydrogen-bond donors (Lipinski definition) is 1. The monoisotopic (exact) mass is 341 g/mol. The van der Waals surface area contributed by atoms with E-state index in [-0.39, 0.29) is 11.9 Å². The van der Waals surface area contributed by atoms with Crippen LogP contribution in [0.5, 0.6) is 0 Å². The van der Waals surface area contributed by atoms with Crippen molar-refractivity contribution in [1.29, 1.82) is 0 Å². The fraction of sp³-hybridized carbons (Fsp3) is 0.200. The van der Waals surface area contributed by atoms with Gasteiger partial charge in [0.15, 0.2) is 0 Å².